The van der Waals surface area contributed by atoms with Crippen LogP contribution < -0.4 is 4.90 Å². The fourth-order valence-electron chi connectivity index (χ4n) is 5.43. The summed E-state index contributed by atoms with van der Waals surface area (Å²) in [7, 11) is 0. The average Bonchev–Trinajstić information content (AvgIpc) is 3.53. The number of aryl methyl sites for hydroxylation is 1. The molecule has 1 aliphatic carbocycles. The molecular weight excluding hydrogens is 534 g/mol. The zero-order valence-corrected chi connectivity index (χ0v) is 23.1. The lowest BCUT2D eigenvalue weighted by Gasteiger charge is -2.25. The zero-order valence-electron chi connectivity index (χ0n) is 21.5. The Morgan fingerprint density at radius 2 is 1.32 bits per heavy atom. The van der Waals surface area contributed by atoms with E-state index in [1.165, 1.54) is 22.3 Å². The number of benzene rings is 5. The third-order valence-corrected chi connectivity index (χ3v) is 8.70. The van der Waals surface area contributed by atoms with Gasteiger partial charge in [0, 0.05) is 32.1 Å². The molecule has 40 heavy (non-hydrogen) atoms. The van der Waals surface area contributed by atoms with Crippen molar-refractivity contribution in [3.8, 4) is 0 Å². The minimum atomic E-state index is -0.222. The lowest BCUT2D eigenvalue weighted by molar-refractivity contribution is 0.0990. The van der Waals surface area contributed by atoms with Crippen LogP contribution in [0.15, 0.2) is 115 Å². The Morgan fingerprint density at radius 1 is 0.700 bits per heavy atom. The molecule has 3 nitrogen and oxygen atoms in total. The van der Waals surface area contributed by atoms with Gasteiger partial charge in [-0.25, -0.2) is 0 Å². The molecular formula is C35H22ClNO2S. The van der Waals surface area contributed by atoms with E-state index in [2.05, 4.69) is 42.2 Å². The maximum Gasteiger partial charge on any atom is 0.197 e. The van der Waals surface area contributed by atoms with Crippen LogP contribution in [0.2, 0.25) is 5.02 Å². The molecule has 0 unspecified atom stereocenters. The molecule has 0 aliphatic heterocycles. The molecule has 6 aromatic rings. The highest BCUT2D eigenvalue weighted by atomic mass is 35.5. The van der Waals surface area contributed by atoms with E-state index in [4.69, 9.17) is 11.6 Å². The Bertz CT molecular complexity index is 1960. The van der Waals surface area contributed by atoms with Crippen molar-refractivity contribution in [2.45, 2.75) is 6.92 Å². The maximum absolute atomic E-state index is 13.3. The molecule has 1 heterocycles. The lowest BCUT2D eigenvalue weighted by Crippen LogP contribution is -2.09. The van der Waals surface area contributed by atoms with E-state index in [0.29, 0.717) is 16.1 Å². The van der Waals surface area contributed by atoms with Crippen molar-refractivity contribution in [2.24, 2.45) is 0 Å². The number of anilines is 3. The highest BCUT2D eigenvalue weighted by Gasteiger charge is 2.33. The third kappa shape index (κ3) is 4.04. The molecule has 0 saturated heterocycles. The first-order chi connectivity index (χ1) is 19.5. The minimum absolute atomic E-state index is 0.206. The summed E-state index contributed by atoms with van der Waals surface area (Å²) in [5.74, 6) is -0.445. The second-order valence-electron chi connectivity index (χ2n) is 9.90. The first-order valence-corrected chi connectivity index (χ1v) is 14.2. The van der Waals surface area contributed by atoms with Crippen LogP contribution in [0.3, 0.4) is 0 Å². The summed E-state index contributed by atoms with van der Waals surface area (Å²) in [5, 5.41) is 5.85. The summed E-state index contributed by atoms with van der Waals surface area (Å²) < 4.78 is 0. The van der Waals surface area contributed by atoms with E-state index < -0.39 is 0 Å². The molecule has 0 amide bonds. The number of Topliss-reactive ketones (excluding diaryl/α,β-unsaturated/α-hetero) is 2. The van der Waals surface area contributed by atoms with Crippen LogP contribution in [0.25, 0.3) is 27.6 Å². The van der Waals surface area contributed by atoms with Crippen molar-refractivity contribution in [2.75, 3.05) is 4.90 Å². The molecule has 0 spiro atoms. The van der Waals surface area contributed by atoms with Crippen molar-refractivity contribution < 1.29 is 9.59 Å². The van der Waals surface area contributed by atoms with Crippen LogP contribution >= 0.6 is 22.9 Å². The molecule has 192 valence electrons. The van der Waals surface area contributed by atoms with Gasteiger partial charge in [0.2, 0.25) is 0 Å². The van der Waals surface area contributed by atoms with Gasteiger partial charge in [0.1, 0.15) is 5.00 Å². The van der Waals surface area contributed by atoms with Crippen LogP contribution in [0, 0.1) is 6.92 Å². The molecule has 0 fully saturated rings. The smallest absolute Gasteiger partial charge is 0.197 e. The van der Waals surface area contributed by atoms with Crippen molar-refractivity contribution >= 4 is 78.5 Å². The number of hydrogen-bond donors (Lipinski definition) is 0. The summed E-state index contributed by atoms with van der Waals surface area (Å²) in [6, 6.07) is 35.8. The molecule has 0 radical (unpaired) electrons. The average molecular weight is 556 g/mol. The molecule has 1 aliphatic rings. The number of ketones is 2. The van der Waals surface area contributed by atoms with Gasteiger partial charge in [-0.05, 0) is 89.3 Å². The van der Waals surface area contributed by atoms with Gasteiger partial charge in [0.25, 0.3) is 0 Å². The number of thiophene rings is 1. The van der Waals surface area contributed by atoms with E-state index in [1.807, 2.05) is 78.9 Å². The number of allylic oxidation sites excluding steroid dienone is 1. The number of rotatable bonds is 4. The summed E-state index contributed by atoms with van der Waals surface area (Å²) in [5.41, 5.74) is 4.36. The van der Waals surface area contributed by atoms with Crippen molar-refractivity contribution in [1.29, 1.82) is 0 Å². The van der Waals surface area contributed by atoms with E-state index in [9.17, 15) is 9.59 Å². The predicted molar refractivity (Wildman–Crippen MR) is 167 cm³/mol. The number of fused-ring (bicyclic) bond motifs is 3. The quantitative estimate of drug-likeness (QED) is 0.160. The van der Waals surface area contributed by atoms with Gasteiger partial charge in [0.15, 0.2) is 11.6 Å². The van der Waals surface area contributed by atoms with Gasteiger partial charge in [-0.2, -0.15) is 0 Å². The highest BCUT2D eigenvalue weighted by Crippen LogP contribution is 2.43. The van der Waals surface area contributed by atoms with Crippen LogP contribution in [-0.4, -0.2) is 11.6 Å². The first kappa shape index (κ1) is 24.5. The second kappa shape index (κ2) is 9.60. The van der Waals surface area contributed by atoms with E-state index in [1.54, 1.807) is 6.08 Å². The highest BCUT2D eigenvalue weighted by molar-refractivity contribution is 7.17. The lowest BCUT2D eigenvalue weighted by atomic mass is 10.0. The minimum Gasteiger partial charge on any atom is -0.301 e. The van der Waals surface area contributed by atoms with Gasteiger partial charge in [0.05, 0.1) is 11.3 Å². The van der Waals surface area contributed by atoms with Gasteiger partial charge in [-0.15, -0.1) is 11.3 Å². The van der Waals surface area contributed by atoms with E-state index >= 15 is 0 Å². The zero-order chi connectivity index (χ0) is 27.4. The van der Waals surface area contributed by atoms with E-state index in [0.717, 1.165) is 37.4 Å². The van der Waals surface area contributed by atoms with Crippen LogP contribution in [0.5, 0.6) is 0 Å². The van der Waals surface area contributed by atoms with Crippen molar-refractivity contribution in [3.05, 3.63) is 141 Å². The SMILES string of the molecule is Cc1ccc(N(c2ccc(Cl)cc2)c2ccc(C=C3C(=O)c4cc5ccccc5cc4C3=O)s2)c2ccccc12. The first-order valence-electron chi connectivity index (χ1n) is 13.0. The predicted octanol–water partition coefficient (Wildman–Crippen LogP) is 9.95. The Kier molecular flexibility index (Phi) is 5.88. The van der Waals surface area contributed by atoms with E-state index in [-0.39, 0.29) is 17.1 Å². The monoisotopic (exact) mass is 555 g/mol. The Morgan fingerprint density at radius 3 is 2.00 bits per heavy atom. The molecule has 0 N–H and O–H groups in total. The topological polar surface area (TPSA) is 37.4 Å². The summed E-state index contributed by atoms with van der Waals surface area (Å²) in [4.78, 5) is 29.7. The second-order valence-corrected chi connectivity index (χ2v) is 11.4. The maximum atomic E-state index is 13.3. The molecule has 0 bridgehead atoms. The Labute approximate surface area is 240 Å². The molecule has 1 aromatic heterocycles. The van der Waals surface area contributed by atoms with Crippen LogP contribution in [-0.2, 0) is 0 Å². The molecule has 0 atom stereocenters. The number of carbonyl (C=O) groups is 2. The number of carbonyl (C=O) groups excluding carboxylic acids is 2. The summed E-state index contributed by atoms with van der Waals surface area (Å²) in [6.45, 7) is 2.12. The van der Waals surface area contributed by atoms with Crippen LogP contribution in [0.4, 0.5) is 16.4 Å². The molecule has 5 aromatic carbocycles. The van der Waals surface area contributed by atoms with Gasteiger partial charge in [-0.1, -0.05) is 66.2 Å². The van der Waals surface area contributed by atoms with Crippen LogP contribution in [0.1, 0.15) is 31.2 Å². The Balaban J connectivity index is 1.33. The molecule has 7 rings (SSSR count). The van der Waals surface area contributed by atoms with Crippen molar-refractivity contribution in [3.63, 3.8) is 0 Å². The number of nitrogens with zero attached hydrogens (tertiary/aromatic N) is 1. The molecule has 0 saturated carbocycles. The van der Waals surface area contributed by atoms with Gasteiger partial charge >= 0.3 is 0 Å². The third-order valence-electron chi connectivity index (χ3n) is 7.43. The summed E-state index contributed by atoms with van der Waals surface area (Å²) in [6.07, 6.45) is 1.73. The Hall–Kier alpha value is -4.51. The fourth-order valence-corrected chi connectivity index (χ4v) is 6.54. The largest absolute Gasteiger partial charge is 0.301 e. The van der Waals surface area contributed by atoms with Crippen molar-refractivity contribution in [1.82, 2.24) is 0 Å². The standard InChI is InChI=1S/C35H22ClNO2S/c1-21-10-16-32(28-9-5-4-8-27(21)28)37(25-13-11-24(36)12-14-25)33-17-15-26(40-33)20-31-34(38)29-18-22-6-2-3-7-23(22)19-30(29)35(31)39/h2-20H,1H3. The van der Waals surface area contributed by atoms with Gasteiger partial charge < -0.3 is 4.90 Å². The number of halogens is 1. The summed E-state index contributed by atoms with van der Waals surface area (Å²) >= 11 is 7.77. The van der Waals surface area contributed by atoms with Gasteiger partial charge in [-0.3, -0.25) is 9.59 Å². The normalized spacial score (nSPS) is 12.8. The number of hydrogen-bond acceptors (Lipinski definition) is 4. The fraction of sp³-hybridized carbons (Fsp3) is 0.0286. The molecule has 5 heteroatoms.